The summed E-state index contributed by atoms with van der Waals surface area (Å²) in [5.74, 6) is 1.40. The predicted octanol–water partition coefficient (Wildman–Crippen LogP) is 7.05. The molecule has 0 saturated heterocycles. The molecule has 0 atom stereocenters. The number of hydrogen-bond donors (Lipinski definition) is 1. The van der Waals surface area contributed by atoms with E-state index in [4.69, 9.17) is 23.1 Å². The van der Waals surface area contributed by atoms with Crippen LogP contribution < -0.4 is 33.5 Å². The van der Waals surface area contributed by atoms with Crippen molar-refractivity contribution in [3.63, 3.8) is 0 Å². The molecule has 2 saturated carbocycles. The highest BCUT2D eigenvalue weighted by atomic mass is 35.7. The van der Waals surface area contributed by atoms with Crippen molar-refractivity contribution < 1.29 is 43.2 Å². The molecular formula is C46H63ClN2O7. The van der Waals surface area contributed by atoms with Gasteiger partial charge < -0.3 is 14.4 Å². The standard InChI is InChI=1S/C46H62N2O3.ClHO4/c1-3-5-7-17-29-47(33-35-19-11-9-12-20-35)37-25-27-41-43(31-37)51-44-32-38(48(30-18-8-6-4-2)34-36-21-13-10-14-22-36)26-28-42(44)45(41)39-23-15-16-24-40(39)46(49)50;2-1(3,4)5/h15-16,23-28,31-32,35-36H,3-14,17-22,29-30,33-34H2,1-2H3;(H,2,3,4,5). The second-order valence-electron chi connectivity index (χ2n) is 16.1. The quantitative estimate of drug-likeness (QED) is 0.0680. The molecule has 10 heteroatoms. The molecule has 0 unspecified atom stereocenters. The minimum absolute atomic E-state index is 0.323. The molecule has 2 fully saturated rings. The highest BCUT2D eigenvalue weighted by molar-refractivity contribution is 6.07. The molecule has 0 radical (unpaired) electrons. The van der Waals surface area contributed by atoms with Gasteiger partial charge in [-0.25, -0.2) is 28.0 Å². The Morgan fingerprint density at radius 1 is 0.768 bits per heavy atom. The van der Waals surface area contributed by atoms with Crippen LogP contribution >= 0.6 is 0 Å². The van der Waals surface area contributed by atoms with Gasteiger partial charge in [0.1, 0.15) is 24.4 Å². The van der Waals surface area contributed by atoms with Gasteiger partial charge in [0, 0.05) is 59.8 Å². The van der Waals surface area contributed by atoms with Gasteiger partial charge in [-0.05, 0) is 74.3 Å². The van der Waals surface area contributed by atoms with Crippen LogP contribution in [0.1, 0.15) is 140 Å². The van der Waals surface area contributed by atoms with Crippen molar-refractivity contribution in [2.45, 2.75) is 129 Å². The average Bonchev–Trinajstić information content (AvgIpc) is 3.19. The van der Waals surface area contributed by atoms with Crippen molar-refractivity contribution in [3.05, 3.63) is 71.6 Å². The summed E-state index contributed by atoms with van der Waals surface area (Å²) in [6, 6.07) is 20.9. The summed E-state index contributed by atoms with van der Waals surface area (Å²) in [6.45, 7) is 8.87. The first-order chi connectivity index (χ1) is 27.1. The number of anilines is 1. The highest BCUT2D eigenvalue weighted by Gasteiger charge is 2.25. The van der Waals surface area contributed by atoms with Gasteiger partial charge in [-0.1, -0.05) is 103 Å². The van der Waals surface area contributed by atoms with Crippen LogP contribution in [-0.4, -0.2) is 37.3 Å². The van der Waals surface area contributed by atoms with Gasteiger partial charge in [0.2, 0.25) is 5.36 Å². The maximum absolute atomic E-state index is 12.6. The van der Waals surface area contributed by atoms with E-state index in [1.807, 2.05) is 18.2 Å². The molecule has 0 bridgehead atoms. The van der Waals surface area contributed by atoms with Gasteiger partial charge in [0.05, 0.1) is 11.6 Å². The van der Waals surface area contributed by atoms with E-state index in [2.05, 4.69) is 59.7 Å². The van der Waals surface area contributed by atoms with Crippen molar-refractivity contribution in [1.29, 1.82) is 0 Å². The Morgan fingerprint density at radius 3 is 2.07 bits per heavy atom. The van der Waals surface area contributed by atoms with Crippen molar-refractivity contribution in [3.8, 4) is 22.5 Å². The van der Waals surface area contributed by atoms with Crippen LogP contribution in [0.5, 0.6) is 0 Å². The van der Waals surface area contributed by atoms with Crippen LogP contribution in [0.25, 0.3) is 33.4 Å². The Kier molecular flexibility index (Phi) is 17.1. The molecule has 56 heavy (non-hydrogen) atoms. The number of carboxylic acid groups (broad SMARTS) is 1. The molecule has 4 aliphatic rings. The Hall–Kier alpha value is -3.47. The summed E-state index contributed by atoms with van der Waals surface area (Å²) in [7, 11) is -4.94. The summed E-state index contributed by atoms with van der Waals surface area (Å²) in [4.78, 5) is 15.2. The number of rotatable bonds is 17. The molecule has 2 aromatic carbocycles. The number of halogens is 1. The molecule has 9 nitrogen and oxygen atoms in total. The molecule has 6 rings (SSSR count). The van der Waals surface area contributed by atoms with E-state index in [0.717, 1.165) is 71.4 Å². The zero-order valence-electron chi connectivity index (χ0n) is 33.7. The Labute approximate surface area is 335 Å². The number of aromatic carboxylic acids is 1. The van der Waals surface area contributed by atoms with E-state index in [9.17, 15) is 9.90 Å². The number of carbonyl (C=O) groups is 1. The third-order valence-electron chi connectivity index (χ3n) is 11.8. The molecule has 306 valence electrons. The van der Waals surface area contributed by atoms with Crippen molar-refractivity contribution in [2.75, 3.05) is 31.1 Å². The largest absolute Gasteiger partial charge is 0.478 e. The predicted molar refractivity (Wildman–Crippen MR) is 214 cm³/mol. The number of unbranched alkanes of at least 4 members (excludes halogenated alkanes) is 6. The smallest absolute Gasteiger partial charge is 0.336 e. The van der Waals surface area contributed by atoms with Gasteiger partial charge in [-0.2, -0.15) is 0 Å². The minimum atomic E-state index is -4.94. The van der Waals surface area contributed by atoms with Crippen LogP contribution in [0.4, 0.5) is 5.69 Å². The fourth-order valence-electron chi connectivity index (χ4n) is 8.91. The van der Waals surface area contributed by atoms with Crippen molar-refractivity contribution in [2.24, 2.45) is 11.8 Å². The molecule has 2 aromatic rings. The molecule has 0 amide bonds. The zero-order chi connectivity index (χ0) is 39.9. The highest BCUT2D eigenvalue weighted by Crippen LogP contribution is 2.42. The number of fused-ring (bicyclic) bond motifs is 2. The Bertz CT molecular complexity index is 1850. The van der Waals surface area contributed by atoms with E-state index in [1.54, 1.807) is 6.07 Å². The lowest BCUT2D eigenvalue weighted by atomic mass is 9.88. The van der Waals surface area contributed by atoms with Crippen molar-refractivity contribution in [1.82, 2.24) is 4.58 Å². The van der Waals surface area contributed by atoms with Gasteiger partial charge in [0.15, 0.2) is 0 Å². The monoisotopic (exact) mass is 790 g/mol. The van der Waals surface area contributed by atoms with Gasteiger partial charge in [-0.3, -0.25) is 0 Å². The van der Waals surface area contributed by atoms with Gasteiger partial charge in [0.25, 0.3) is 0 Å². The first kappa shape index (κ1) is 43.6. The fraction of sp³-hybridized carbons (Fsp3) is 0.565. The minimum Gasteiger partial charge on any atom is -0.478 e. The van der Waals surface area contributed by atoms with Crippen LogP contribution in [0, 0.1) is 22.1 Å². The summed E-state index contributed by atoms with van der Waals surface area (Å²) in [6.07, 6.45) is 23.4. The fourth-order valence-corrected chi connectivity index (χ4v) is 8.91. The van der Waals surface area contributed by atoms with Gasteiger partial charge >= 0.3 is 5.97 Å². The number of nitrogens with zero attached hydrogens (tertiary/aromatic N) is 2. The second-order valence-corrected chi connectivity index (χ2v) is 16.8. The van der Waals surface area contributed by atoms with Crippen LogP contribution in [0.3, 0.4) is 0 Å². The lowest BCUT2D eigenvalue weighted by molar-refractivity contribution is -2.00. The zero-order valence-corrected chi connectivity index (χ0v) is 34.4. The summed E-state index contributed by atoms with van der Waals surface area (Å²) < 4.78 is 43.5. The molecular weight excluding hydrogens is 728 g/mol. The lowest BCUT2D eigenvalue weighted by Gasteiger charge is -2.32. The van der Waals surface area contributed by atoms with E-state index < -0.39 is 16.2 Å². The molecule has 3 aliphatic carbocycles. The van der Waals surface area contributed by atoms with Crippen LogP contribution in [0.15, 0.2) is 65.1 Å². The number of hydrogen-bond acceptors (Lipinski definition) is 7. The first-order valence-electron chi connectivity index (χ1n) is 21.3. The van der Waals surface area contributed by atoms with Crippen LogP contribution in [-0.2, 0) is 0 Å². The third-order valence-corrected chi connectivity index (χ3v) is 11.8. The first-order valence-corrected chi connectivity index (χ1v) is 22.6. The molecule has 0 spiro atoms. The number of benzene rings is 3. The van der Waals surface area contributed by atoms with E-state index >= 15 is 0 Å². The summed E-state index contributed by atoms with van der Waals surface area (Å²) in [5, 5.41) is 12.5. The van der Waals surface area contributed by atoms with Crippen LogP contribution in [0.2, 0.25) is 0 Å². The topological polar surface area (TPSA) is 149 Å². The normalized spacial score (nSPS) is 16.1. The maximum Gasteiger partial charge on any atom is 0.336 e. The average molecular weight is 791 g/mol. The molecule has 1 N–H and O–H groups in total. The van der Waals surface area contributed by atoms with E-state index in [0.29, 0.717) is 5.56 Å². The summed E-state index contributed by atoms with van der Waals surface area (Å²) >= 11 is 0. The van der Waals surface area contributed by atoms with Crippen molar-refractivity contribution >= 4 is 22.6 Å². The lowest BCUT2D eigenvalue weighted by Crippen LogP contribution is -2.68. The second kappa shape index (κ2) is 21.9. The summed E-state index contributed by atoms with van der Waals surface area (Å²) in [5.41, 5.74) is 5.03. The molecule has 0 aromatic heterocycles. The van der Waals surface area contributed by atoms with E-state index in [1.165, 1.54) is 127 Å². The molecule has 1 heterocycles. The van der Waals surface area contributed by atoms with E-state index in [-0.39, 0.29) is 0 Å². The maximum atomic E-state index is 12.6. The Morgan fingerprint density at radius 2 is 1.41 bits per heavy atom. The Balaban J connectivity index is 0.00000113. The third kappa shape index (κ3) is 13.0. The van der Waals surface area contributed by atoms with Gasteiger partial charge in [-0.15, -0.1) is 10.2 Å². The SMILES string of the molecule is CCCCCCN(CC1CCCCC1)c1ccc2c(-c3ccccc3C(=O)O)c3ccc(=[N+](CCCCCC)CC4CCCCC4)cc-3oc2c1.[O-][Cl+3]([O-])([O-])[O-]. The molecule has 1 aliphatic heterocycles. The number of carboxylic acids is 1.